The van der Waals surface area contributed by atoms with Crippen molar-refractivity contribution in [1.29, 1.82) is 0 Å². The smallest absolute Gasteiger partial charge is 0.301 e. The van der Waals surface area contributed by atoms with E-state index in [0.717, 1.165) is 18.1 Å². The molecule has 1 fully saturated rings. The van der Waals surface area contributed by atoms with E-state index in [2.05, 4.69) is 10.2 Å². The van der Waals surface area contributed by atoms with E-state index in [-0.39, 0.29) is 16.5 Å². The van der Waals surface area contributed by atoms with Gasteiger partial charge in [-0.2, -0.15) is 0 Å². The van der Waals surface area contributed by atoms with Gasteiger partial charge in [0.15, 0.2) is 0 Å². The van der Waals surface area contributed by atoms with Gasteiger partial charge < -0.3 is 19.7 Å². The Balaban J connectivity index is 0.000000952. The molecule has 0 aliphatic carbocycles. The van der Waals surface area contributed by atoms with Gasteiger partial charge in [0, 0.05) is 12.5 Å². The summed E-state index contributed by atoms with van der Waals surface area (Å²) in [5.41, 5.74) is 3.15. The van der Waals surface area contributed by atoms with Gasteiger partial charge in [-0.05, 0) is 66.9 Å². The first-order valence-corrected chi connectivity index (χ1v) is 13.6. The highest BCUT2D eigenvalue weighted by molar-refractivity contribution is 7.15. The number of ketones is 1. The number of carboxylic acid groups (broad SMARTS) is 1. The number of anilines is 1. The van der Waals surface area contributed by atoms with Crippen molar-refractivity contribution < 1.29 is 34.1 Å². The molecule has 11 heteroatoms. The summed E-state index contributed by atoms with van der Waals surface area (Å²) in [6.45, 7) is 5.28. The van der Waals surface area contributed by atoms with Crippen molar-refractivity contribution in [2.24, 2.45) is 0 Å². The Morgan fingerprint density at radius 1 is 0.952 bits per heavy atom. The first-order valence-electron chi connectivity index (χ1n) is 12.8. The Morgan fingerprint density at radius 3 is 2.26 bits per heavy atom. The first kappa shape index (κ1) is 29.9. The number of amides is 1. The highest BCUT2D eigenvalue weighted by Crippen LogP contribution is 2.43. The minimum atomic E-state index is -0.908. The van der Waals surface area contributed by atoms with Gasteiger partial charge in [0.2, 0.25) is 5.13 Å². The second-order valence-electron chi connectivity index (χ2n) is 9.31. The van der Waals surface area contributed by atoms with Gasteiger partial charge in [-0.15, -0.1) is 10.2 Å². The van der Waals surface area contributed by atoms with E-state index < -0.39 is 23.7 Å². The highest BCUT2D eigenvalue weighted by atomic mass is 32.1. The Morgan fingerprint density at radius 2 is 1.64 bits per heavy atom. The van der Waals surface area contributed by atoms with Gasteiger partial charge in [0.1, 0.15) is 28.9 Å². The van der Waals surface area contributed by atoms with E-state index in [1.54, 1.807) is 55.5 Å². The van der Waals surface area contributed by atoms with Crippen LogP contribution >= 0.6 is 11.3 Å². The molecular formula is C31H29N3O7S. The minimum absolute atomic E-state index is 0.0373. The van der Waals surface area contributed by atoms with Crippen molar-refractivity contribution in [3.63, 3.8) is 0 Å². The lowest BCUT2D eigenvalue weighted by molar-refractivity contribution is -0.134. The van der Waals surface area contributed by atoms with Crippen LogP contribution in [0.25, 0.3) is 5.76 Å². The van der Waals surface area contributed by atoms with E-state index in [4.69, 9.17) is 19.4 Å². The molecule has 42 heavy (non-hydrogen) atoms. The molecule has 1 atom stereocenters. The maximum Gasteiger partial charge on any atom is 0.301 e. The van der Waals surface area contributed by atoms with Crippen LogP contribution in [0.4, 0.5) is 5.13 Å². The molecule has 1 aliphatic heterocycles. The lowest BCUT2D eigenvalue weighted by atomic mass is 9.95. The fraction of sp³-hybridized carbons (Fsp3) is 0.194. The zero-order valence-corrected chi connectivity index (χ0v) is 24.2. The summed E-state index contributed by atoms with van der Waals surface area (Å²) < 4.78 is 11.3. The SMILES string of the molecule is CC(=O)O.COc1cccc(C2/C(=C(\O)c3ccc(OCc4ccccc4C)cc3)C(=O)C(=O)N2c2nnc(C)s2)c1. The lowest BCUT2D eigenvalue weighted by Crippen LogP contribution is -2.29. The van der Waals surface area contributed by atoms with Crippen LogP contribution in [0, 0.1) is 13.8 Å². The number of aliphatic hydroxyl groups excluding tert-OH is 1. The normalized spacial score (nSPS) is 15.6. The predicted molar refractivity (Wildman–Crippen MR) is 158 cm³/mol. The molecule has 1 saturated heterocycles. The second kappa shape index (κ2) is 13.1. The van der Waals surface area contributed by atoms with Crippen molar-refractivity contribution in [2.45, 2.75) is 33.4 Å². The van der Waals surface area contributed by atoms with E-state index in [0.29, 0.717) is 34.2 Å². The molecule has 2 N–H and O–H groups in total. The summed E-state index contributed by atoms with van der Waals surface area (Å²) in [4.78, 5) is 36.8. The molecule has 1 amide bonds. The number of carbonyl (C=O) groups is 3. The van der Waals surface area contributed by atoms with Crippen LogP contribution in [0.15, 0.2) is 78.4 Å². The number of aliphatic carboxylic acids is 1. The fourth-order valence-corrected chi connectivity index (χ4v) is 5.05. The topological polar surface area (TPSA) is 139 Å². The summed E-state index contributed by atoms with van der Waals surface area (Å²) in [5.74, 6) is -1.54. The quantitative estimate of drug-likeness (QED) is 0.164. The third-order valence-electron chi connectivity index (χ3n) is 6.36. The zero-order valence-electron chi connectivity index (χ0n) is 23.4. The van der Waals surface area contributed by atoms with Crippen LogP contribution in [-0.4, -0.2) is 45.2 Å². The number of nitrogens with zero attached hydrogens (tertiary/aromatic N) is 3. The minimum Gasteiger partial charge on any atom is -0.507 e. The Hall–Kier alpha value is -5.03. The molecule has 0 spiro atoms. The van der Waals surface area contributed by atoms with E-state index in [9.17, 15) is 14.7 Å². The summed E-state index contributed by atoms with van der Waals surface area (Å²) >= 11 is 1.19. The van der Waals surface area contributed by atoms with Crippen molar-refractivity contribution in [3.05, 3.63) is 106 Å². The molecule has 3 aromatic carbocycles. The Labute approximate surface area is 246 Å². The van der Waals surface area contributed by atoms with Gasteiger partial charge in [-0.1, -0.05) is 47.7 Å². The lowest BCUT2D eigenvalue weighted by Gasteiger charge is -2.23. The maximum atomic E-state index is 13.3. The molecule has 1 aliphatic rings. The van der Waals surface area contributed by atoms with Crippen LogP contribution < -0.4 is 14.4 Å². The molecule has 4 aromatic rings. The number of aromatic nitrogens is 2. The number of rotatable bonds is 7. The number of ether oxygens (including phenoxy) is 2. The third-order valence-corrected chi connectivity index (χ3v) is 7.20. The number of carboxylic acids is 1. The largest absolute Gasteiger partial charge is 0.507 e. The molecule has 0 radical (unpaired) electrons. The van der Waals surface area contributed by atoms with Crippen molar-refractivity contribution in [1.82, 2.24) is 10.2 Å². The van der Waals surface area contributed by atoms with Crippen LogP contribution in [-0.2, 0) is 21.0 Å². The fourth-order valence-electron chi connectivity index (χ4n) is 4.34. The number of methoxy groups -OCH3 is 1. The van der Waals surface area contributed by atoms with E-state index in [1.807, 2.05) is 31.2 Å². The first-order chi connectivity index (χ1) is 20.1. The number of hydrogen-bond donors (Lipinski definition) is 2. The summed E-state index contributed by atoms with van der Waals surface area (Å²) in [5, 5.41) is 27.8. The summed E-state index contributed by atoms with van der Waals surface area (Å²) in [6, 6.07) is 20.9. The number of aryl methyl sites for hydroxylation is 2. The van der Waals surface area contributed by atoms with Crippen LogP contribution in [0.1, 0.15) is 40.2 Å². The standard InChI is InChI=1S/C29H25N3O5S.C2H4O2/c1-17-7-4-5-8-21(17)16-37-22-13-11-19(12-14-22)26(33)24-25(20-9-6-10-23(15-20)36-3)32(28(35)27(24)34)29-31-30-18(2)38-29;1-2(3)4/h4-15,25,33H,16H2,1-3H3;1H3,(H,3,4)/b26-24+;. The summed E-state index contributed by atoms with van der Waals surface area (Å²) in [7, 11) is 1.53. The van der Waals surface area contributed by atoms with E-state index >= 15 is 0 Å². The molecule has 216 valence electrons. The molecule has 0 bridgehead atoms. The van der Waals surface area contributed by atoms with Crippen LogP contribution in [0.5, 0.6) is 11.5 Å². The molecule has 0 saturated carbocycles. The molecule has 1 aromatic heterocycles. The summed E-state index contributed by atoms with van der Waals surface area (Å²) in [6.07, 6.45) is 0. The van der Waals surface area contributed by atoms with Gasteiger partial charge in [-0.3, -0.25) is 19.3 Å². The average Bonchev–Trinajstić information content (AvgIpc) is 3.52. The Bertz CT molecular complexity index is 1640. The van der Waals surface area contributed by atoms with Crippen molar-refractivity contribution in [2.75, 3.05) is 12.0 Å². The molecule has 2 heterocycles. The number of Topliss-reactive ketones (excluding diaryl/α,β-unsaturated/α-hetero) is 1. The number of carbonyl (C=O) groups excluding carboxylic acids is 2. The van der Waals surface area contributed by atoms with Crippen molar-refractivity contribution in [3.8, 4) is 11.5 Å². The number of aliphatic hydroxyl groups is 1. The van der Waals surface area contributed by atoms with Gasteiger partial charge in [0.25, 0.3) is 11.8 Å². The second-order valence-corrected chi connectivity index (χ2v) is 10.5. The average molecular weight is 588 g/mol. The van der Waals surface area contributed by atoms with Crippen molar-refractivity contribution >= 4 is 39.9 Å². The van der Waals surface area contributed by atoms with Crippen LogP contribution in [0.3, 0.4) is 0 Å². The van der Waals surface area contributed by atoms with Gasteiger partial charge in [-0.25, -0.2) is 0 Å². The van der Waals surface area contributed by atoms with Gasteiger partial charge >= 0.3 is 5.91 Å². The number of hydrogen-bond acceptors (Lipinski definition) is 9. The molecular weight excluding hydrogens is 558 g/mol. The highest BCUT2D eigenvalue weighted by Gasteiger charge is 2.48. The third kappa shape index (κ3) is 6.64. The molecule has 1 unspecified atom stereocenters. The van der Waals surface area contributed by atoms with Gasteiger partial charge in [0.05, 0.1) is 18.7 Å². The zero-order chi connectivity index (χ0) is 30.4. The molecule has 10 nitrogen and oxygen atoms in total. The maximum absolute atomic E-state index is 13.3. The van der Waals surface area contributed by atoms with Crippen LogP contribution in [0.2, 0.25) is 0 Å². The predicted octanol–water partition coefficient (Wildman–Crippen LogP) is 5.46. The monoisotopic (exact) mass is 587 g/mol. The number of benzene rings is 3. The molecule has 5 rings (SSSR count). The Kier molecular flexibility index (Phi) is 9.33. The van der Waals surface area contributed by atoms with E-state index in [1.165, 1.54) is 23.3 Å².